The maximum atomic E-state index is 14.0. The van der Waals surface area contributed by atoms with Crippen molar-refractivity contribution in [2.75, 3.05) is 27.2 Å². The standard InChI is InChI=1S/C32H35N3O7/c1-34(2)26-21-14-18-13-20-19(17-7-5-6-16(12-17)15-35-10-3-4-11-35)8-9-22(36)24(20)27(37)23(18)29(39)32(21,42)30(40)25(28(26)38)31(33)41/h5-9,12,18,21,23,25-26,36,42H,3-4,10-11,13-15H2,1-2H3,(H2,33,41)/t18-,21-,23?,25?,26-,32-/m0/s1. The fourth-order valence-electron chi connectivity index (χ4n) is 7.91. The molecule has 4 N–H and O–H groups in total. The summed E-state index contributed by atoms with van der Waals surface area (Å²) in [5.74, 6) is -10.4. The van der Waals surface area contributed by atoms with E-state index in [-0.39, 0.29) is 24.2 Å². The van der Waals surface area contributed by atoms with Gasteiger partial charge in [0.1, 0.15) is 5.75 Å². The van der Waals surface area contributed by atoms with Gasteiger partial charge in [0.25, 0.3) is 0 Å². The number of likely N-dealkylation sites (N-methyl/N-ethyl adjacent to an activating group) is 1. The van der Waals surface area contributed by atoms with Crippen LogP contribution >= 0.6 is 0 Å². The molecule has 2 saturated carbocycles. The van der Waals surface area contributed by atoms with Crippen molar-refractivity contribution in [2.45, 2.75) is 43.9 Å². The Labute approximate surface area is 243 Å². The van der Waals surface area contributed by atoms with Gasteiger partial charge in [-0.1, -0.05) is 24.3 Å². The second-order valence-electron chi connectivity index (χ2n) is 12.5. The highest BCUT2D eigenvalue weighted by Gasteiger charge is 2.69. The van der Waals surface area contributed by atoms with Crippen LogP contribution in [-0.2, 0) is 32.1 Å². The Morgan fingerprint density at radius 3 is 2.45 bits per heavy atom. The van der Waals surface area contributed by atoms with Crippen LogP contribution in [0.15, 0.2) is 36.4 Å². The lowest BCUT2D eigenvalue weighted by atomic mass is 9.52. The minimum absolute atomic E-state index is 0.00374. The first-order chi connectivity index (χ1) is 19.9. The quantitative estimate of drug-likeness (QED) is 0.446. The molecule has 6 atom stereocenters. The van der Waals surface area contributed by atoms with E-state index >= 15 is 0 Å². The number of aliphatic hydroxyl groups is 1. The van der Waals surface area contributed by atoms with Crippen LogP contribution in [-0.4, -0.2) is 87.9 Å². The second kappa shape index (κ2) is 10.2. The lowest BCUT2D eigenvalue weighted by molar-refractivity contribution is -0.181. The molecule has 3 fully saturated rings. The number of benzene rings is 2. The largest absolute Gasteiger partial charge is 0.507 e. The van der Waals surface area contributed by atoms with Crippen molar-refractivity contribution >= 4 is 29.0 Å². The first-order valence-electron chi connectivity index (χ1n) is 14.5. The summed E-state index contributed by atoms with van der Waals surface area (Å²) in [6.45, 7) is 2.92. The van der Waals surface area contributed by atoms with Gasteiger partial charge in [-0.2, -0.15) is 0 Å². The number of carbonyl (C=O) groups excluding carboxylic acids is 5. The molecule has 2 aromatic carbocycles. The van der Waals surface area contributed by atoms with Gasteiger partial charge in [0.05, 0.1) is 17.5 Å². The second-order valence-corrected chi connectivity index (χ2v) is 12.5. The molecule has 0 bridgehead atoms. The molecule has 2 unspecified atom stereocenters. The normalized spacial score (nSPS) is 31.2. The molecule has 10 heteroatoms. The van der Waals surface area contributed by atoms with E-state index < -0.39 is 64.4 Å². The van der Waals surface area contributed by atoms with Gasteiger partial charge in [0.2, 0.25) is 5.91 Å². The monoisotopic (exact) mass is 573 g/mol. The predicted molar refractivity (Wildman–Crippen MR) is 151 cm³/mol. The van der Waals surface area contributed by atoms with Crippen LogP contribution in [0.4, 0.5) is 0 Å². The fraction of sp³-hybridized carbons (Fsp3) is 0.469. The number of hydrogen-bond acceptors (Lipinski definition) is 9. The van der Waals surface area contributed by atoms with Crippen LogP contribution in [0, 0.1) is 23.7 Å². The maximum Gasteiger partial charge on any atom is 0.235 e. The number of nitrogens with two attached hydrogens (primary N) is 1. The number of Topliss-reactive ketones (excluding diaryl/α,β-unsaturated/α-hetero) is 4. The summed E-state index contributed by atoms with van der Waals surface area (Å²) in [5.41, 5.74) is 6.03. The number of fused-ring (bicyclic) bond motifs is 3. The number of phenolic OH excluding ortho intramolecular Hbond substituents is 1. The maximum absolute atomic E-state index is 14.0. The summed E-state index contributed by atoms with van der Waals surface area (Å²) in [7, 11) is 3.14. The molecule has 1 amide bonds. The van der Waals surface area contributed by atoms with E-state index in [4.69, 9.17) is 5.73 Å². The van der Waals surface area contributed by atoms with E-state index in [1.54, 1.807) is 20.2 Å². The van der Waals surface area contributed by atoms with E-state index in [0.29, 0.717) is 5.56 Å². The van der Waals surface area contributed by atoms with Crippen molar-refractivity contribution in [2.24, 2.45) is 29.4 Å². The third-order valence-electron chi connectivity index (χ3n) is 9.79. The molecular formula is C32H35N3O7. The summed E-state index contributed by atoms with van der Waals surface area (Å²) < 4.78 is 0. The van der Waals surface area contributed by atoms with Gasteiger partial charge in [-0.05, 0) is 93.2 Å². The van der Waals surface area contributed by atoms with E-state index in [1.165, 1.54) is 23.8 Å². The minimum atomic E-state index is -2.73. The van der Waals surface area contributed by atoms with Crippen LogP contribution in [0.1, 0.15) is 40.7 Å². The summed E-state index contributed by atoms with van der Waals surface area (Å²) in [6, 6.07) is 10.1. The van der Waals surface area contributed by atoms with Gasteiger partial charge < -0.3 is 15.9 Å². The van der Waals surface area contributed by atoms with Crippen molar-refractivity contribution in [3.63, 3.8) is 0 Å². The molecule has 6 rings (SSSR count). The molecule has 4 aliphatic rings. The van der Waals surface area contributed by atoms with Gasteiger partial charge in [0.15, 0.2) is 34.7 Å². The number of aromatic hydroxyl groups is 1. The lowest BCUT2D eigenvalue weighted by Crippen LogP contribution is -2.74. The lowest BCUT2D eigenvalue weighted by Gasteiger charge is -2.52. The molecule has 0 aromatic heterocycles. The number of hydrogen-bond donors (Lipinski definition) is 3. The molecule has 0 radical (unpaired) electrons. The summed E-state index contributed by atoms with van der Waals surface area (Å²) in [6.07, 6.45) is 2.61. The predicted octanol–water partition coefficient (Wildman–Crippen LogP) is 1.13. The first kappa shape index (κ1) is 28.4. The Hall–Kier alpha value is -3.73. The Morgan fingerprint density at radius 2 is 1.79 bits per heavy atom. The summed E-state index contributed by atoms with van der Waals surface area (Å²) >= 11 is 0. The van der Waals surface area contributed by atoms with Crippen molar-refractivity contribution in [1.29, 1.82) is 0 Å². The highest BCUT2D eigenvalue weighted by molar-refractivity contribution is 6.32. The van der Waals surface area contributed by atoms with E-state index in [2.05, 4.69) is 17.0 Å². The van der Waals surface area contributed by atoms with Gasteiger partial charge in [0, 0.05) is 12.5 Å². The average Bonchev–Trinajstić information content (AvgIpc) is 3.43. The summed E-state index contributed by atoms with van der Waals surface area (Å²) in [4.78, 5) is 70.8. The van der Waals surface area contributed by atoms with Gasteiger partial charge in [-0.15, -0.1) is 0 Å². The third-order valence-corrected chi connectivity index (χ3v) is 9.79. The van der Waals surface area contributed by atoms with Crippen molar-refractivity contribution in [3.05, 3.63) is 53.1 Å². The topological polar surface area (TPSA) is 158 Å². The molecule has 1 heterocycles. The van der Waals surface area contributed by atoms with Gasteiger partial charge >= 0.3 is 0 Å². The molecule has 1 saturated heterocycles. The number of nitrogens with zero attached hydrogens (tertiary/aromatic N) is 2. The molecule has 42 heavy (non-hydrogen) atoms. The highest BCUT2D eigenvalue weighted by Crippen LogP contribution is 2.51. The fourth-order valence-corrected chi connectivity index (χ4v) is 7.91. The molecule has 0 spiro atoms. The molecule has 220 valence electrons. The first-order valence-corrected chi connectivity index (χ1v) is 14.5. The minimum Gasteiger partial charge on any atom is -0.507 e. The SMILES string of the molecule is CN(C)[C@@H]1C(=O)C(C(N)=O)C(=O)[C@@]2(O)C(=O)C3C(=O)c4c(O)ccc(-c5cccc(CN6CCCC6)c5)c4C[C@H]3C[C@@H]12. The van der Waals surface area contributed by atoms with Crippen LogP contribution < -0.4 is 5.73 Å². The van der Waals surface area contributed by atoms with E-state index in [0.717, 1.165) is 36.3 Å². The summed E-state index contributed by atoms with van der Waals surface area (Å²) in [5, 5.41) is 22.6. The number of primary amides is 1. The number of likely N-dealkylation sites (tertiary alicyclic amines) is 1. The molecular weight excluding hydrogens is 538 g/mol. The zero-order valence-electron chi connectivity index (χ0n) is 23.7. The van der Waals surface area contributed by atoms with Gasteiger partial charge in [-0.25, -0.2) is 0 Å². The third kappa shape index (κ3) is 4.15. The zero-order chi connectivity index (χ0) is 30.1. The van der Waals surface area contributed by atoms with Crippen molar-refractivity contribution in [3.8, 4) is 16.9 Å². The smallest absolute Gasteiger partial charge is 0.235 e. The molecule has 2 aromatic rings. The zero-order valence-corrected chi connectivity index (χ0v) is 23.7. The van der Waals surface area contributed by atoms with Gasteiger partial charge in [-0.3, -0.25) is 33.8 Å². The van der Waals surface area contributed by atoms with E-state index in [1.807, 2.05) is 12.1 Å². The van der Waals surface area contributed by atoms with Crippen molar-refractivity contribution in [1.82, 2.24) is 9.80 Å². The van der Waals surface area contributed by atoms with Crippen LogP contribution in [0.3, 0.4) is 0 Å². The van der Waals surface area contributed by atoms with Crippen LogP contribution in [0.25, 0.3) is 11.1 Å². The highest BCUT2D eigenvalue weighted by atomic mass is 16.3. The molecule has 10 nitrogen and oxygen atoms in total. The van der Waals surface area contributed by atoms with Crippen LogP contribution in [0.2, 0.25) is 0 Å². The number of phenols is 1. The Balaban J connectivity index is 1.42. The average molecular weight is 574 g/mol. The Kier molecular flexibility index (Phi) is 6.91. The number of amides is 1. The molecule has 3 aliphatic carbocycles. The Bertz CT molecular complexity index is 1530. The van der Waals surface area contributed by atoms with Crippen LogP contribution in [0.5, 0.6) is 5.75 Å². The van der Waals surface area contributed by atoms with Crippen molar-refractivity contribution < 1.29 is 34.2 Å². The number of ketones is 4. The van der Waals surface area contributed by atoms with E-state index in [9.17, 15) is 34.2 Å². The number of rotatable bonds is 5. The Morgan fingerprint density at radius 1 is 1.07 bits per heavy atom. The number of carbonyl (C=O) groups is 5. The molecule has 1 aliphatic heterocycles.